The Labute approximate surface area is 115 Å². The number of para-hydroxylation sites is 1. The van der Waals surface area contributed by atoms with Crippen LogP contribution in [0.4, 0.5) is 5.69 Å². The first-order valence-electron chi connectivity index (χ1n) is 6.77. The molecule has 0 aromatic heterocycles. The lowest BCUT2D eigenvalue weighted by Crippen LogP contribution is -2.50. The minimum absolute atomic E-state index is 0.238. The zero-order valence-corrected chi connectivity index (χ0v) is 12.0. The van der Waals surface area contributed by atoms with Crippen molar-refractivity contribution in [1.29, 1.82) is 0 Å². The van der Waals surface area contributed by atoms with Gasteiger partial charge in [0.25, 0.3) is 0 Å². The molecule has 19 heavy (non-hydrogen) atoms. The van der Waals surface area contributed by atoms with Gasteiger partial charge in [0, 0.05) is 17.8 Å². The standard InChI is InChI=1S/C15H24N2O2/c1-4-15(3,13(11-16)14(18)19-5-2)17-12-9-7-6-8-10-12/h6-10,13,17H,4-5,11,16H2,1-3H3/t13-,15+/m0/s1. The molecule has 0 aliphatic carbocycles. The summed E-state index contributed by atoms with van der Waals surface area (Å²) in [5.41, 5.74) is 6.35. The molecule has 1 aromatic carbocycles. The van der Waals surface area contributed by atoms with Crippen molar-refractivity contribution in [2.24, 2.45) is 11.7 Å². The Morgan fingerprint density at radius 2 is 2.00 bits per heavy atom. The number of hydrogen-bond donors (Lipinski definition) is 2. The number of carbonyl (C=O) groups excluding carboxylic acids is 1. The second-order valence-corrected chi connectivity index (χ2v) is 4.80. The molecule has 0 aliphatic heterocycles. The highest BCUT2D eigenvalue weighted by atomic mass is 16.5. The number of benzene rings is 1. The van der Waals surface area contributed by atoms with E-state index in [2.05, 4.69) is 5.32 Å². The monoisotopic (exact) mass is 264 g/mol. The van der Waals surface area contributed by atoms with E-state index < -0.39 is 5.54 Å². The molecule has 3 N–H and O–H groups in total. The van der Waals surface area contributed by atoms with Crippen molar-refractivity contribution in [3.8, 4) is 0 Å². The summed E-state index contributed by atoms with van der Waals surface area (Å²) in [6.07, 6.45) is 0.780. The van der Waals surface area contributed by atoms with Gasteiger partial charge < -0.3 is 15.8 Å². The summed E-state index contributed by atoms with van der Waals surface area (Å²) in [5, 5.41) is 3.41. The topological polar surface area (TPSA) is 64.3 Å². The predicted molar refractivity (Wildman–Crippen MR) is 77.9 cm³/mol. The maximum absolute atomic E-state index is 12.0. The van der Waals surface area contributed by atoms with Crippen LogP contribution < -0.4 is 11.1 Å². The lowest BCUT2D eigenvalue weighted by molar-refractivity contribution is -0.149. The van der Waals surface area contributed by atoms with Gasteiger partial charge >= 0.3 is 5.97 Å². The summed E-state index contributed by atoms with van der Waals surface area (Å²) in [6, 6.07) is 9.83. The van der Waals surface area contributed by atoms with Crippen LogP contribution in [0.1, 0.15) is 27.2 Å². The molecule has 4 nitrogen and oxygen atoms in total. The van der Waals surface area contributed by atoms with Crippen molar-refractivity contribution in [3.63, 3.8) is 0 Å². The van der Waals surface area contributed by atoms with E-state index >= 15 is 0 Å². The highest BCUT2D eigenvalue weighted by Crippen LogP contribution is 2.27. The molecule has 0 amide bonds. The second-order valence-electron chi connectivity index (χ2n) is 4.80. The molecule has 0 bridgehead atoms. The van der Waals surface area contributed by atoms with Crippen LogP contribution in [-0.2, 0) is 9.53 Å². The van der Waals surface area contributed by atoms with E-state index in [-0.39, 0.29) is 18.4 Å². The van der Waals surface area contributed by atoms with Gasteiger partial charge in [-0.25, -0.2) is 0 Å². The summed E-state index contributed by atoms with van der Waals surface area (Å²) in [4.78, 5) is 12.0. The number of ether oxygens (including phenoxy) is 1. The summed E-state index contributed by atoms with van der Waals surface area (Å²) < 4.78 is 5.12. The van der Waals surface area contributed by atoms with E-state index in [1.54, 1.807) is 6.92 Å². The van der Waals surface area contributed by atoms with Crippen molar-refractivity contribution in [2.75, 3.05) is 18.5 Å². The lowest BCUT2D eigenvalue weighted by atomic mass is 9.82. The zero-order chi connectivity index (χ0) is 14.3. The summed E-state index contributed by atoms with van der Waals surface area (Å²) in [5.74, 6) is -0.601. The van der Waals surface area contributed by atoms with Crippen LogP contribution in [0, 0.1) is 5.92 Å². The third kappa shape index (κ3) is 3.96. The molecule has 2 atom stereocenters. The highest BCUT2D eigenvalue weighted by Gasteiger charge is 2.37. The first-order valence-corrected chi connectivity index (χ1v) is 6.77. The molecule has 0 saturated heterocycles. The van der Waals surface area contributed by atoms with E-state index in [0.29, 0.717) is 6.61 Å². The maximum atomic E-state index is 12.0. The van der Waals surface area contributed by atoms with Gasteiger partial charge in [-0.3, -0.25) is 4.79 Å². The van der Waals surface area contributed by atoms with Crippen molar-refractivity contribution in [1.82, 2.24) is 0 Å². The molecular formula is C15H24N2O2. The Kier molecular flexibility index (Phi) is 5.83. The van der Waals surface area contributed by atoms with Gasteiger partial charge in [-0.05, 0) is 32.4 Å². The van der Waals surface area contributed by atoms with Crippen molar-refractivity contribution < 1.29 is 9.53 Å². The largest absolute Gasteiger partial charge is 0.466 e. The van der Waals surface area contributed by atoms with Gasteiger partial charge in [-0.15, -0.1) is 0 Å². The summed E-state index contributed by atoms with van der Waals surface area (Å²) in [7, 11) is 0. The van der Waals surface area contributed by atoms with E-state index in [4.69, 9.17) is 10.5 Å². The molecule has 1 aromatic rings. The van der Waals surface area contributed by atoms with Gasteiger partial charge in [0.15, 0.2) is 0 Å². The normalized spacial score (nSPS) is 15.4. The van der Waals surface area contributed by atoms with Gasteiger partial charge in [0.1, 0.15) is 0 Å². The molecule has 4 heteroatoms. The number of hydrogen-bond acceptors (Lipinski definition) is 4. The number of esters is 1. The van der Waals surface area contributed by atoms with Gasteiger partial charge in [0.2, 0.25) is 0 Å². The summed E-state index contributed by atoms with van der Waals surface area (Å²) in [6.45, 7) is 6.50. The highest BCUT2D eigenvalue weighted by molar-refractivity contribution is 5.75. The van der Waals surface area contributed by atoms with Gasteiger partial charge in [-0.1, -0.05) is 25.1 Å². The Hall–Kier alpha value is -1.55. The fourth-order valence-corrected chi connectivity index (χ4v) is 2.13. The smallest absolute Gasteiger partial charge is 0.312 e. The Morgan fingerprint density at radius 1 is 1.37 bits per heavy atom. The van der Waals surface area contributed by atoms with E-state index in [0.717, 1.165) is 12.1 Å². The molecule has 0 aliphatic rings. The zero-order valence-electron chi connectivity index (χ0n) is 12.0. The third-order valence-electron chi connectivity index (χ3n) is 3.51. The average molecular weight is 264 g/mol. The number of nitrogens with one attached hydrogen (secondary N) is 1. The van der Waals surface area contributed by atoms with E-state index in [1.807, 2.05) is 44.2 Å². The van der Waals surface area contributed by atoms with Crippen LogP contribution >= 0.6 is 0 Å². The van der Waals surface area contributed by atoms with Crippen LogP contribution in [0.25, 0.3) is 0 Å². The average Bonchev–Trinajstić information content (AvgIpc) is 2.41. The first-order chi connectivity index (χ1) is 9.07. The van der Waals surface area contributed by atoms with Crippen molar-refractivity contribution in [2.45, 2.75) is 32.7 Å². The number of nitrogens with two attached hydrogens (primary N) is 1. The first kappa shape index (κ1) is 15.5. The molecule has 0 spiro atoms. The Morgan fingerprint density at radius 3 is 2.47 bits per heavy atom. The molecule has 0 unspecified atom stereocenters. The van der Waals surface area contributed by atoms with Crippen molar-refractivity contribution in [3.05, 3.63) is 30.3 Å². The number of carbonyl (C=O) groups is 1. The maximum Gasteiger partial charge on any atom is 0.312 e. The van der Waals surface area contributed by atoms with Crippen LogP contribution in [0.15, 0.2) is 30.3 Å². The molecule has 1 rings (SSSR count). The SMILES string of the molecule is CCOC(=O)[C@H](CN)[C@@](C)(CC)Nc1ccccc1. The quantitative estimate of drug-likeness (QED) is 0.742. The summed E-state index contributed by atoms with van der Waals surface area (Å²) >= 11 is 0. The molecular weight excluding hydrogens is 240 g/mol. The predicted octanol–water partition coefficient (Wildman–Crippen LogP) is 2.41. The minimum atomic E-state index is -0.414. The molecule has 0 fully saturated rings. The van der Waals surface area contributed by atoms with Gasteiger partial charge in [-0.2, -0.15) is 0 Å². The Balaban J connectivity index is 2.90. The minimum Gasteiger partial charge on any atom is -0.466 e. The van der Waals surface area contributed by atoms with Crippen LogP contribution in [-0.4, -0.2) is 24.7 Å². The van der Waals surface area contributed by atoms with E-state index in [1.165, 1.54) is 0 Å². The molecule has 0 heterocycles. The fourth-order valence-electron chi connectivity index (χ4n) is 2.13. The van der Waals surface area contributed by atoms with Crippen molar-refractivity contribution >= 4 is 11.7 Å². The van der Waals surface area contributed by atoms with E-state index in [9.17, 15) is 4.79 Å². The molecule has 106 valence electrons. The lowest BCUT2D eigenvalue weighted by Gasteiger charge is -2.36. The molecule has 0 radical (unpaired) electrons. The molecule has 0 saturated carbocycles. The number of rotatable bonds is 7. The number of anilines is 1. The fraction of sp³-hybridized carbons (Fsp3) is 0.533. The Bertz CT molecular complexity index is 394. The van der Waals surface area contributed by atoms with Crippen LogP contribution in [0.3, 0.4) is 0 Å². The van der Waals surface area contributed by atoms with Crippen LogP contribution in [0.2, 0.25) is 0 Å². The third-order valence-corrected chi connectivity index (χ3v) is 3.51. The van der Waals surface area contributed by atoms with Crippen LogP contribution in [0.5, 0.6) is 0 Å². The second kappa shape index (κ2) is 7.14. The van der Waals surface area contributed by atoms with Gasteiger partial charge in [0.05, 0.1) is 12.5 Å².